The quantitative estimate of drug-likeness (QED) is 0.850. The van der Waals surface area contributed by atoms with Gasteiger partial charge in [0, 0.05) is 47.0 Å². The average molecular weight is 289 g/mol. The van der Waals surface area contributed by atoms with Gasteiger partial charge in [-0.15, -0.1) is 0 Å². The summed E-state index contributed by atoms with van der Waals surface area (Å²) in [6.07, 6.45) is 1.53. The summed E-state index contributed by atoms with van der Waals surface area (Å²) in [5, 5.41) is 1.61. The SMILES string of the molecule is Nc1ncc(C(=O)N2CCS(=O)CC2)c2ccccc12. The minimum atomic E-state index is -0.794. The fraction of sp³-hybridized carbons (Fsp3) is 0.286. The predicted octanol–water partition coefficient (Wildman–Crippen LogP) is 1.02. The number of nitrogen functional groups attached to an aromatic ring is 1. The number of anilines is 1. The molecule has 1 fully saturated rings. The lowest BCUT2D eigenvalue weighted by atomic mass is 10.1. The third-order valence-corrected chi connectivity index (χ3v) is 4.80. The van der Waals surface area contributed by atoms with Gasteiger partial charge in [-0.3, -0.25) is 9.00 Å². The Kier molecular flexibility index (Phi) is 3.40. The lowest BCUT2D eigenvalue weighted by Gasteiger charge is -2.26. The molecule has 2 N–H and O–H groups in total. The van der Waals surface area contributed by atoms with Crippen LogP contribution in [0, 0.1) is 0 Å². The Balaban J connectivity index is 2.00. The molecule has 1 aliphatic heterocycles. The summed E-state index contributed by atoms with van der Waals surface area (Å²) in [4.78, 5) is 18.4. The molecule has 5 nitrogen and oxygen atoms in total. The number of fused-ring (bicyclic) bond motifs is 1. The summed E-state index contributed by atoms with van der Waals surface area (Å²) >= 11 is 0. The molecule has 2 heterocycles. The van der Waals surface area contributed by atoms with Crippen LogP contribution in [-0.2, 0) is 10.8 Å². The fourth-order valence-corrected chi connectivity index (χ4v) is 3.45. The molecule has 3 rings (SSSR count). The maximum atomic E-state index is 12.6. The Hall–Kier alpha value is -1.95. The first-order valence-electron chi connectivity index (χ1n) is 6.44. The molecule has 0 spiro atoms. The van der Waals surface area contributed by atoms with Crippen LogP contribution in [0.4, 0.5) is 5.82 Å². The van der Waals surface area contributed by atoms with Crippen molar-refractivity contribution in [3.05, 3.63) is 36.0 Å². The number of carbonyl (C=O) groups is 1. The zero-order valence-corrected chi connectivity index (χ0v) is 11.7. The summed E-state index contributed by atoms with van der Waals surface area (Å²) < 4.78 is 11.4. The van der Waals surface area contributed by atoms with Gasteiger partial charge in [-0.05, 0) is 5.39 Å². The lowest BCUT2D eigenvalue weighted by molar-refractivity contribution is 0.0773. The Labute approximate surface area is 119 Å². The molecule has 1 aromatic carbocycles. The molecular formula is C14H15N3O2S. The van der Waals surface area contributed by atoms with Crippen molar-refractivity contribution < 1.29 is 9.00 Å². The average Bonchev–Trinajstić information content (AvgIpc) is 2.48. The second-order valence-electron chi connectivity index (χ2n) is 4.74. The topological polar surface area (TPSA) is 76.3 Å². The lowest BCUT2D eigenvalue weighted by Crippen LogP contribution is -2.41. The van der Waals surface area contributed by atoms with Crippen LogP contribution in [0.3, 0.4) is 0 Å². The molecule has 2 aromatic rings. The van der Waals surface area contributed by atoms with E-state index in [9.17, 15) is 9.00 Å². The molecule has 0 atom stereocenters. The predicted molar refractivity (Wildman–Crippen MR) is 79.9 cm³/mol. The highest BCUT2D eigenvalue weighted by molar-refractivity contribution is 7.85. The number of rotatable bonds is 1. The van der Waals surface area contributed by atoms with E-state index in [-0.39, 0.29) is 5.91 Å². The second-order valence-corrected chi connectivity index (χ2v) is 6.44. The highest BCUT2D eigenvalue weighted by Crippen LogP contribution is 2.23. The maximum absolute atomic E-state index is 12.6. The number of aromatic nitrogens is 1. The molecule has 20 heavy (non-hydrogen) atoms. The van der Waals surface area contributed by atoms with Crippen molar-refractivity contribution in [2.24, 2.45) is 0 Å². The number of hydrogen-bond donors (Lipinski definition) is 1. The normalized spacial score (nSPS) is 16.5. The number of amides is 1. The van der Waals surface area contributed by atoms with Crippen molar-refractivity contribution in [1.29, 1.82) is 0 Å². The van der Waals surface area contributed by atoms with Crippen molar-refractivity contribution in [2.75, 3.05) is 30.3 Å². The summed E-state index contributed by atoms with van der Waals surface area (Å²) in [5.41, 5.74) is 6.40. The molecule has 0 aliphatic carbocycles. The molecule has 104 valence electrons. The van der Waals surface area contributed by atoms with E-state index >= 15 is 0 Å². The van der Waals surface area contributed by atoms with Crippen molar-refractivity contribution in [3.8, 4) is 0 Å². The van der Waals surface area contributed by atoms with Gasteiger partial charge in [-0.2, -0.15) is 0 Å². The van der Waals surface area contributed by atoms with Crippen LogP contribution in [0.1, 0.15) is 10.4 Å². The smallest absolute Gasteiger partial charge is 0.256 e. The molecule has 0 bridgehead atoms. The van der Waals surface area contributed by atoms with E-state index in [4.69, 9.17) is 5.73 Å². The Morgan fingerprint density at radius 1 is 1.20 bits per heavy atom. The van der Waals surface area contributed by atoms with Crippen molar-refractivity contribution in [2.45, 2.75) is 0 Å². The van der Waals surface area contributed by atoms with Crippen LogP contribution in [0.25, 0.3) is 10.8 Å². The number of hydrogen-bond acceptors (Lipinski definition) is 4. The van der Waals surface area contributed by atoms with Crippen molar-refractivity contribution >= 4 is 33.3 Å². The Morgan fingerprint density at radius 2 is 1.85 bits per heavy atom. The molecule has 0 unspecified atom stereocenters. The van der Waals surface area contributed by atoms with E-state index in [1.807, 2.05) is 24.3 Å². The Morgan fingerprint density at radius 3 is 2.55 bits per heavy atom. The zero-order chi connectivity index (χ0) is 14.1. The van der Waals surface area contributed by atoms with E-state index in [0.29, 0.717) is 36.0 Å². The summed E-state index contributed by atoms with van der Waals surface area (Å²) in [6.45, 7) is 1.06. The molecule has 6 heteroatoms. The first-order valence-corrected chi connectivity index (χ1v) is 7.93. The number of pyridine rings is 1. The zero-order valence-electron chi connectivity index (χ0n) is 10.9. The Bertz CT molecular complexity index is 692. The largest absolute Gasteiger partial charge is 0.383 e. The first kappa shape index (κ1) is 13.1. The molecule has 1 aromatic heterocycles. The van der Waals surface area contributed by atoms with Crippen LogP contribution in [0.2, 0.25) is 0 Å². The molecule has 0 saturated carbocycles. The van der Waals surface area contributed by atoms with Crippen LogP contribution in [-0.4, -0.2) is 44.6 Å². The van der Waals surface area contributed by atoms with Crippen LogP contribution >= 0.6 is 0 Å². The third kappa shape index (κ3) is 2.27. The molecule has 1 aliphatic rings. The van der Waals surface area contributed by atoms with Gasteiger partial charge < -0.3 is 10.6 Å². The summed E-state index contributed by atoms with van der Waals surface area (Å²) in [7, 11) is -0.794. The van der Waals surface area contributed by atoms with E-state index < -0.39 is 10.8 Å². The van der Waals surface area contributed by atoms with E-state index in [2.05, 4.69) is 4.98 Å². The highest BCUT2D eigenvalue weighted by atomic mass is 32.2. The molecule has 1 amide bonds. The summed E-state index contributed by atoms with van der Waals surface area (Å²) in [5.74, 6) is 1.46. The fourth-order valence-electron chi connectivity index (χ4n) is 2.40. The van der Waals surface area contributed by atoms with Gasteiger partial charge in [-0.1, -0.05) is 24.3 Å². The standard InChI is InChI=1S/C14H15N3O2S/c15-13-11-4-2-1-3-10(11)12(9-16-13)14(18)17-5-7-20(19)8-6-17/h1-4,9H,5-8H2,(H2,15,16). The van der Waals surface area contributed by atoms with E-state index in [1.165, 1.54) is 6.20 Å². The van der Waals surface area contributed by atoms with Gasteiger partial charge >= 0.3 is 0 Å². The van der Waals surface area contributed by atoms with E-state index in [1.54, 1.807) is 4.90 Å². The van der Waals surface area contributed by atoms with E-state index in [0.717, 1.165) is 10.8 Å². The maximum Gasteiger partial charge on any atom is 0.256 e. The third-order valence-electron chi connectivity index (χ3n) is 3.52. The van der Waals surface area contributed by atoms with Gasteiger partial charge in [0.25, 0.3) is 5.91 Å². The van der Waals surface area contributed by atoms with Crippen LogP contribution in [0.5, 0.6) is 0 Å². The van der Waals surface area contributed by atoms with Gasteiger partial charge in [0.2, 0.25) is 0 Å². The number of nitrogens with zero attached hydrogens (tertiary/aromatic N) is 2. The van der Waals surface area contributed by atoms with Crippen LogP contribution < -0.4 is 5.73 Å². The van der Waals surface area contributed by atoms with Gasteiger partial charge in [-0.25, -0.2) is 4.98 Å². The summed E-state index contributed by atoms with van der Waals surface area (Å²) in [6, 6.07) is 7.49. The number of nitrogens with two attached hydrogens (primary N) is 1. The van der Waals surface area contributed by atoms with Crippen molar-refractivity contribution in [1.82, 2.24) is 9.88 Å². The highest BCUT2D eigenvalue weighted by Gasteiger charge is 2.23. The minimum Gasteiger partial charge on any atom is -0.383 e. The molecule has 0 radical (unpaired) electrons. The van der Waals surface area contributed by atoms with Gasteiger partial charge in [0.1, 0.15) is 5.82 Å². The molecule has 1 saturated heterocycles. The van der Waals surface area contributed by atoms with Crippen molar-refractivity contribution in [3.63, 3.8) is 0 Å². The van der Waals surface area contributed by atoms with Crippen LogP contribution in [0.15, 0.2) is 30.5 Å². The van der Waals surface area contributed by atoms with Gasteiger partial charge in [0.15, 0.2) is 0 Å². The molecular weight excluding hydrogens is 274 g/mol. The number of carbonyl (C=O) groups excluding carboxylic acids is 1. The number of benzene rings is 1. The monoisotopic (exact) mass is 289 g/mol. The first-order chi connectivity index (χ1) is 9.66. The van der Waals surface area contributed by atoms with Gasteiger partial charge in [0.05, 0.1) is 5.56 Å². The second kappa shape index (κ2) is 5.20. The minimum absolute atomic E-state index is 0.0644.